The van der Waals surface area contributed by atoms with E-state index in [4.69, 9.17) is 0 Å². The Hall–Kier alpha value is -1.25. The smallest absolute Gasteiger partial charge is 0.416 e. The van der Waals surface area contributed by atoms with E-state index in [9.17, 15) is 31.1 Å². The molecule has 0 aliphatic rings. The van der Waals surface area contributed by atoms with Gasteiger partial charge in [-0.2, -0.15) is 26.3 Å². The zero-order chi connectivity index (χ0) is 16.1. The first kappa shape index (κ1) is 18.8. The number of ether oxygens (including phenoxy) is 1. The number of hydrogen-bond acceptors (Lipinski definition) is 2. The van der Waals surface area contributed by atoms with Gasteiger partial charge in [0.25, 0.3) is 0 Å². The highest BCUT2D eigenvalue weighted by molar-refractivity contribution is 9.10. The van der Waals surface area contributed by atoms with Gasteiger partial charge in [0.1, 0.15) is 0 Å². The van der Waals surface area contributed by atoms with Crippen molar-refractivity contribution in [2.24, 2.45) is 0 Å². The lowest BCUT2D eigenvalue weighted by molar-refractivity contribution is -0.143. The minimum Gasteiger partial charge on any atom is -0.469 e. The third-order valence-corrected chi connectivity index (χ3v) is 2.30. The number of hydrogen-bond donors (Lipinski definition) is 0. The van der Waals surface area contributed by atoms with E-state index in [1.165, 1.54) is 14.0 Å². The van der Waals surface area contributed by atoms with E-state index in [2.05, 4.69) is 20.7 Å². The van der Waals surface area contributed by atoms with Crippen LogP contribution in [0.3, 0.4) is 0 Å². The van der Waals surface area contributed by atoms with Crippen LogP contribution >= 0.6 is 15.9 Å². The summed E-state index contributed by atoms with van der Waals surface area (Å²) in [6.45, 7) is 1.36. The van der Waals surface area contributed by atoms with Crippen molar-refractivity contribution in [3.05, 3.63) is 33.8 Å². The van der Waals surface area contributed by atoms with Gasteiger partial charge >= 0.3 is 18.3 Å². The van der Waals surface area contributed by atoms with Crippen LogP contribution < -0.4 is 0 Å². The average molecular weight is 367 g/mol. The van der Waals surface area contributed by atoms with Crippen LogP contribution in [0.1, 0.15) is 18.1 Å². The van der Waals surface area contributed by atoms with Gasteiger partial charge in [0, 0.05) is 11.4 Å². The predicted molar refractivity (Wildman–Crippen MR) is 61.8 cm³/mol. The largest absolute Gasteiger partial charge is 0.469 e. The van der Waals surface area contributed by atoms with E-state index in [1.54, 1.807) is 0 Å². The van der Waals surface area contributed by atoms with Crippen molar-refractivity contribution < 1.29 is 35.9 Å². The van der Waals surface area contributed by atoms with Crippen LogP contribution in [0.25, 0.3) is 0 Å². The lowest BCUT2D eigenvalue weighted by Gasteiger charge is -2.11. The first-order valence-corrected chi connectivity index (χ1v) is 5.66. The maximum Gasteiger partial charge on any atom is 0.416 e. The van der Waals surface area contributed by atoms with Crippen molar-refractivity contribution in [2.45, 2.75) is 19.3 Å². The molecule has 0 fully saturated rings. The number of benzene rings is 1. The highest BCUT2D eigenvalue weighted by Crippen LogP contribution is 2.37. The molecule has 0 aliphatic carbocycles. The molecule has 0 amide bonds. The van der Waals surface area contributed by atoms with Gasteiger partial charge < -0.3 is 4.74 Å². The quantitative estimate of drug-likeness (QED) is 0.492. The molecule has 0 spiro atoms. The molecule has 0 heterocycles. The van der Waals surface area contributed by atoms with Crippen molar-refractivity contribution >= 4 is 21.9 Å². The molecular formula is C11H9BrF6O2. The topological polar surface area (TPSA) is 26.3 Å². The van der Waals surface area contributed by atoms with Gasteiger partial charge in [0.15, 0.2) is 0 Å². The zero-order valence-electron chi connectivity index (χ0n) is 10.2. The summed E-state index contributed by atoms with van der Waals surface area (Å²) < 4.78 is 76.7. The Balaban J connectivity index is 0.000000621. The van der Waals surface area contributed by atoms with E-state index < -0.39 is 23.5 Å². The summed E-state index contributed by atoms with van der Waals surface area (Å²) in [5.41, 5.74) is -2.66. The summed E-state index contributed by atoms with van der Waals surface area (Å²) in [6, 6.07) is 1.26. The minimum atomic E-state index is -4.79. The molecule has 114 valence electrons. The molecular weight excluding hydrogens is 358 g/mol. The Morgan fingerprint density at radius 2 is 1.30 bits per heavy atom. The number of methoxy groups -OCH3 is 1. The van der Waals surface area contributed by atoms with Crippen molar-refractivity contribution in [1.82, 2.24) is 0 Å². The Kier molecular flexibility index (Phi) is 6.52. The van der Waals surface area contributed by atoms with E-state index >= 15 is 0 Å². The molecule has 0 saturated heterocycles. The predicted octanol–water partition coefficient (Wildman–Crippen LogP) is 4.67. The summed E-state index contributed by atoms with van der Waals surface area (Å²) in [4.78, 5) is 9.59. The summed E-state index contributed by atoms with van der Waals surface area (Å²) in [6.07, 6.45) is -9.58. The highest BCUT2D eigenvalue weighted by Gasteiger charge is 2.36. The molecule has 0 saturated carbocycles. The second-order valence-electron chi connectivity index (χ2n) is 3.42. The van der Waals surface area contributed by atoms with Crippen LogP contribution in [0, 0.1) is 0 Å². The van der Waals surface area contributed by atoms with Crippen molar-refractivity contribution in [2.75, 3.05) is 7.11 Å². The Bertz CT molecular complexity index is 435. The molecule has 0 N–H and O–H groups in total. The first-order valence-electron chi connectivity index (χ1n) is 4.87. The SMILES string of the molecule is COC(C)=O.FC(F)(F)c1cc(Br)cc(C(F)(F)F)c1. The molecule has 1 aromatic carbocycles. The van der Waals surface area contributed by atoms with Crippen molar-refractivity contribution in [3.8, 4) is 0 Å². The highest BCUT2D eigenvalue weighted by atomic mass is 79.9. The fraction of sp³-hybridized carbons (Fsp3) is 0.364. The molecule has 0 bridgehead atoms. The molecule has 20 heavy (non-hydrogen) atoms. The monoisotopic (exact) mass is 366 g/mol. The van der Waals surface area contributed by atoms with Crippen LogP contribution in [0.4, 0.5) is 26.3 Å². The van der Waals surface area contributed by atoms with Crippen LogP contribution in [-0.4, -0.2) is 13.1 Å². The number of esters is 1. The summed E-state index contributed by atoms with van der Waals surface area (Å²) in [7, 11) is 1.35. The molecule has 1 aromatic rings. The van der Waals surface area contributed by atoms with Gasteiger partial charge in [-0.05, 0) is 18.2 Å². The molecule has 0 radical (unpaired) electrons. The Labute approximate surface area is 118 Å². The van der Waals surface area contributed by atoms with Gasteiger partial charge in [0.05, 0.1) is 18.2 Å². The summed E-state index contributed by atoms with van der Waals surface area (Å²) >= 11 is 2.60. The van der Waals surface area contributed by atoms with Crippen molar-refractivity contribution in [3.63, 3.8) is 0 Å². The lowest BCUT2D eigenvalue weighted by Crippen LogP contribution is -2.10. The average Bonchev–Trinajstić information content (AvgIpc) is 2.26. The van der Waals surface area contributed by atoms with Gasteiger partial charge in [-0.15, -0.1) is 0 Å². The number of rotatable bonds is 0. The Morgan fingerprint density at radius 1 is 1.00 bits per heavy atom. The second kappa shape index (κ2) is 6.96. The summed E-state index contributed by atoms with van der Waals surface area (Å²) in [5.74, 6) is -0.245. The molecule has 1 rings (SSSR count). The molecule has 9 heteroatoms. The normalized spacial score (nSPS) is 11.4. The van der Waals surface area contributed by atoms with Crippen LogP contribution in [0.15, 0.2) is 22.7 Å². The maximum atomic E-state index is 12.1. The molecule has 2 nitrogen and oxygen atoms in total. The fourth-order valence-electron chi connectivity index (χ4n) is 0.917. The first-order chi connectivity index (χ1) is 8.87. The van der Waals surface area contributed by atoms with Crippen LogP contribution in [-0.2, 0) is 21.9 Å². The third-order valence-electron chi connectivity index (χ3n) is 1.84. The molecule has 0 aliphatic heterocycles. The van der Waals surface area contributed by atoms with E-state index in [0.717, 1.165) is 0 Å². The molecule has 0 atom stereocenters. The minimum absolute atomic E-state index is 0.0742. The molecule has 0 aromatic heterocycles. The van der Waals surface area contributed by atoms with Gasteiger partial charge in [-0.1, -0.05) is 15.9 Å². The number of alkyl halides is 6. The number of halogens is 7. The standard InChI is InChI=1S/C8H3BrF6.C3H6O2/c9-6-2-4(7(10,11)12)1-5(3-6)8(13,14)15;1-3(4)5-2/h1-3H;1-2H3. The second-order valence-corrected chi connectivity index (χ2v) is 4.34. The van der Waals surface area contributed by atoms with Crippen molar-refractivity contribution in [1.29, 1.82) is 0 Å². The van der Waals surface area contributed by atoms with Gasteiger partial charge in [-0.3, -0.25) is 4.79 Å². The van der Waals surface area contributed by atoms with E-state index in [0.29, 0.717) is 12.1 Å². The zero-order valence-corrected chi connectivity index (χ0v) is 11.8. The Morgan fingerprint density at radius 3 is 1.50 bits per heavy atom. The fourth-order valence-corrected chi connectivity index (χ4v) is 1.41. The van der Waals surface area contributed by atoms with Gasteiger partial charge in [0.2, 0.25) is 0 Å². The van der Waals surface area contributed by atoms with Gasteiger partial charge in [-0.25, -0.2) is 0 Å². The number of carbonyl (C=O) groups excluding carboxylic acids is 1. The van der Waals surface area contributed by atoms with E-state index in [1.807, 2.05) is 0 Å². The number of carbonyl (C=O) groups is 1. The van der Waals surface area contributed by atoms with Crippen LogP contribution in [0.5, 0.6) is 0 Å². The summed E-state index contributed by atoms with van der Waals surface area (Å²) in [5, 5.41) is 0. The van der Waals surface area contributed by atoms with Crippen LogP contribution in [0.2, 0.25) is 0 Å². The third kappa shape index (κ3) is 6.78. The maximum absolute atomic E-state index is 12.1. The molecule has 0 unspecified atom stereocenters. The van der Waals surface area contributed by atoms with E-state index in [-0.39, 0.29) is 16.5 Å². The lowest BCUT2D eigenvalue weighted by atomic mass is 10.1.